The van der Waals surface area contributed by atoms with E-state index in [1.54, 1.807) is 12.4 Å². The Balaban J connectivity index is 0.0000000971. The summed E-state index contributed by atoms with van der Waals surface area (Å²) < 4.78 is 9.04. The van der Waals surface area contributed by atoms with Gasteiger partial charge in [0.2, 0.25) is 11.9 Å². The van der Waals surface area contributed by atoms with Gasteiger partial charge < -0.3 is 0 Å². The molecule has 8 aromatic heterocycles. The molecule has 0 bridgehead atoms. The minimum absolute atomic E-state index is 0.678. The van der Waals surface area contributed by atoms with Crippen LogP contribution in [0, 0.1) is 27.7 Å². The van der Waals surface area contributed by atoms with Crippen LogP contribution in [0.5, 0.6) is 0 Å². The fourth-order valence-electron chi connectivity index (χ4n) is 21.0. The molecular weight excluding hydrogens is 1580 g/mol. The molecule has 4 aliphatic carbocycles. The van der Waals surface area contributed by atoms with Crippen molar-refractivity contribution in [3.8, 4) is 191 Å². The van der Waals surface area contributed by atoms with Gasteiger partial charge in [0.15, 0.2) is 0 Å². The number of rotatable bonds is 7. The summed E-state index contributed by atoms with van der Waals surface area (Å²) in [6, 6.07) is 144. The van der Waals surface area contributed by atoms with Crippen LogP contribution in [-0.4, -0.2) is 48.2 Å². The number of benzene rings is 15. The highest BCUT2D eigenvalue weighted by Gasteiger charge is 2.33. The lowest BCUT2D eigenvalue weighted by Gasteiger charge is -2.14. The summed E-state index contributed by atoms with van der Waals surface area (Å²) in [6.07, 6.45) is 5.46. The van der Waals surface area contributed by atoms with E-state index in [-0.39, 0.29) is 0 Å². The second kappa shape index (κ2) is 31.5. The van der Waals surface area contributed by atoms with E-state index in [1.807, 2.05) is 42.6 Å². The van der Waals surface area contributed by atoms with Gasteiger partial charge in [0.05, 0.1) is 39.1 Å². The fraction of sp³-hybridized carbons (Fsp3) is 0.0333. The monoisotopic (exact) mass is 1660 g/mol. The van der Waals surface area contributed by atoms with Crippen molar-refractivity contribution in [1.82, 2.24) is 48.2 Å². The van der Waals surface area contributed by atoms with Crippen LogP contribution in [-0.2, 0) is 0 Å². The van der Waals surface area contributed by atoms with Gasteiger partial charge in [-0.25, -0.2) is 29.9 Å². The molecule has 0 spiro atoms. The van der Waals surface area contributed by atoms with Crippen LogP contribution < -0.4 is 0 Å². The van der Waals surface area contributed by atoms with Gasteiger partial charge in [-0.3, -0.25) is 18.3 Å². The summed E-state index contributed by atoms with van der Waals surface area (Å²) in [7, 11) is 0. The molecule has 130 heavy (non-hydrogen) atoms. The van der Waals surface area contributed by atoms with E-state index in [9.17, 15) is 0 Å². The van der Waals surface area contributed by atoms with Crippen molar-refractivity contribution in [3.05, 3.63) is 448 Å². The molecule has 10 heteroatoms. The Morgan fingerprint density at radius 3 is 0.754 bits per heavy atom. The van der Waals surface area contributed by atoms with Gasteiger partial charge in [0.1, 0.15) is 11.6 Å². The van der Waals surface area contributed by atoms with E-state index in [1.165, 1.54) is 177 Å². The summed E-state index contributed by atoms with van der Waals surface area (Å²) in [5.74, 6) is 3.29. The van der Waals surface area contributed by atoms with E-state index in [0.29, 0.717) is 11.9 Å². The van der Waals surface area contributed by atoms with Crippen LogP contribution in [0.2, 0.25) is 0 Å². The number of hydrogen-bond donors (Lipinski definition) is 0. The molecule has 0 saturated heterocycles. The Labute approximate surface area is 753 Å². The first-order chi connectivity index (χ1) is 64.3. The minimum atomic E-state index is 0.678. The predicted octanol–water partition coefficient (Wildman–Crippen LogP) is 30.4. The Morgan fingerprint density at radius 1 is 0.169 bits per heavy atom. The lowest BCUT2D eigenvalue weighted by Crippen LogP contribution is -2.05. The Kier molecular flexibility index (Phi) is 18.6. The standard InChI is InChI=1S/C37H25N3.C32H22N2.C26H18N2.C25H17N3/c1-24-35-30-20-11-10-18-28(30)27-17-8-9-19-29(27)31-21-12-22-34(36(31)35)40(24)37-38-32(25-13-4-2-5-14-25)23-33(39-37)26-15-6-3-7-16-26;1-21-31-26-16-8-7-14-24(26)23-13-5-6-15-25(23)27-17-9-19-29(32(27)31)34(21)30-20-10-18-28(33-30)22-11-3-2-4-12-22;1-17-25-21-12-5-4-10-19(21)18-9-2-3-11-20(18)22-13-8-14-23(26(22)25)28(17)24-15-6-7-16-27-24;1-16-23-20-11-5-4-9-18(20)17-8-2-3-10-19(17)21-12-6-13-22(24(21)23)28(16)25-26-14-7-15-27-25/h2-23H,1H3;2-20H,1H3;2-16H,1H3;2-15H,1H3. The van der Waals surface area contributed by atoms with Crippen molar-refractivity contribution < 1.29 is 0 Å². The van der Waals surface area contributed by atoms with Gasteiger partial charge in [-0.1, -0.05) is 346 Å². The number of fused-ring (bicyclic) bond motifs is 20. The van der Waals surface area contributed by atoms with Crippen molar-refractivity contribution in [2.45, 2.75) is 27.7 Å². The van der Waals surface area contributed by atoms with Crippen LogP contribution in [0.15, 0.2) is 425 Å². The maximum atomic E-state index is 5.18. The van der Waals surface area contributed by atoms with Crippen molar-refractivity contribution in [3.63, 3.8) is 0 Å². The van der Waals surface area contributed by atoms with E-state index in [2.05, 4.69) is 431 Å². The molecule has 10 nitrogen and oxygen atoms in total. The lowest BCUT2D eigenvalue weighted by atomic mass is 9.94. The number of nitrogens with zero attached hydrogens (tertiary/aromatic N) is 10. The molecule has 27 rings (SSSR count). The number of hydrogen-bond acceptors (Lipinski definition) is 6. The maximum absolute atomic E-state index is 5.18. The lowest BCUT2D eigenvalue weighted by molar-refractivity contribution is 0.929. The molecule has 612 valence electrons. The molecule has 23 aromatic rings. The molecule has 0 amide bonds. The van der Waals surface area contributed by atoms with Crippen molar-refractivity contribution in [1.29, 1.82) is 0 Å². The summed E-state index contributed by atoms with van der Waals surface area (Å²) in [4.78, 5) is 29.2. The van der Waals surface area contributed by atoms with Crippen molar-refractivity contribution in [2.24, 2.45) is 0 Å². The van der Waals surface area contributed by atoms with Crippen LogP contribution in [0.25, 0.3) is 234 Å². The minimum Gasteiger partial charge on any atom is -0.298 e. The molecule has 0 unspecified atom stereocenters. The first-order valence-electron chi connectivity index (χ1n) is 44.3. The molecule has 15 aromatic carbocycles. The zero-order valence-electron chi connectivity index (χ0n) is 71.9. The molecule has 0 aliphatic heterocycles. The first kappa shape index (κ1) is 76.6. The highest BCUT2D eigenvalue weighted by Crippen LogP contribution is 2.56. The summed E-state index contributed by atoms with van der Waals surface area (Å²) >= 11 is 0. The Morgan fingerprint density at radius 2 is 0.415 bits per heavy atom. The largest absolute Gasteiger partial charge is 0.298 e. The average Bonchev–Trinajstić information content (AvgIpc) is 1.57. The third-order valence-corrected chi connectivity index (χ3v) is 26.5. The van der Waals surface area contributed by atoms with Gasteiger partial charge in [0.25, 0.3) is 0 Å². The Hall–Kier alpha value is -17.1. The topological polar surface area (TPSA) is 97.1 Å². The molecule has 0 fully saturated rings. The smallest absolute Gasteiger partial charge is 0.235 e. The summed E-state index contributed by atoms with van der Waals surface area (Å²) in [5, 5.41) is 5.12. The second-order valence-electron chi connectivity index (χ2n) is 33.5. The van der Waals surface area contributed by atoms with Gasteiger partial charge in [-0.15, -0.1) is 0 Å². The summed E-state index contributed by atoms with van der Waals surface area (Å²) in [6.45, 7) is 8.80. The van der Waals surface area contributed by atoms with Gasteiger partial charge in [0, 0.05) is 102 Å². The maximum Gasteiger partial charge on any atom is 0.235 e. The molecule has 0 radical (unpaired) electrons. The molecule has 8 heterocycles. The molecule has 0 N–H and O–H groups in total. The van der Waals surface area contributed by atoms with Gasteiger partial charge >= 0.3 is 0 Å². The quantitative estimate of drug-likeness (QED) is 0.158. The highest BCUT2D eigenvalue weighted by atomic mass is 15.2. The van der Waals surface area contributed by atoms with E-state index < -0.39 is 0 Å². The van der Waals surface area contributed by atoms with E-state index in [0.717, 1.165) is 67.8 Å². The first-order valence-corrected chi connectivity index (χ1v) is 44.3. The van der Waals surface area contributed by atoms with E-state index in [4.69, 9.17) is 15.0 Å². The number of aromatic nitrogens is 10. The SMILES string of the molecule is Cc1c2c3c(cccc3n1-c1cccc(-c3ccccc3)n1)-c1ccccc1-c1ccccc1-2.Cc1c2c3c(cccc3n1-c1ccccn1)-c1ccccc1-c1ccccc1-2.Cc1c2c3c(cccc3n1-c1nc(-c3ccccc3)cc(-c3ccccc3)n1)-c1ccccc1-c1ccccc1-2.Cc1c2c3c(cccc3n1-c1ncccn1)-c1ccccc1-c1ccccc1-2. The third kappa shape index (κ3) is 12.4. The summed E-state index contributed by atoms with van der Waals surface area (Å²) in [5.41, 5.74) is 46.0. The Bertz CT molecular complexity index is 8180. The highest BCUT2D eigenvalue weighted by molar-refractivity contribution is 6.19. The number of pyridine rings is 2. The predicted molar refractivity (Wildman–Crippen MR) is 535 cm³/mol. The van der Waals surface area contributed by atoms with Crippen LogP contribution >= 0.6 is 0 Å². The van der Waals surface area contributed by atoms with Gasteiger partial charge in [-0.2, -0.15) is 0 Å². The van der Waals surface area contributed by atoms with E-state index >= 15 is 0 Å². The molecular formula is C120H82N10. The van der Waals surface area contributed by atoms with Crippen LogP contribution in [0.4, 0.5) is 0 Å². The van der Waals surface area contributed by atoms with Crippen molar-refractivity contribution in [2.75, 3.05) is 0 Å². The molecule has 0 atom stereocenters. The van der Waals surface area contributed by atoms with Crippen LogP contribution in [0.3, 0.4) is 0 Å². The zero-order valence-corrected chi connectivity index (χ0v) is 71.9. The fourth-order valence-corrected chi connectivity index (χ4v) is 21.0. The normalized spacial score (nSPS) is 11.7. The van der Waals surface area contributed by atoms with Crippen LogP contribution in [0.1, 0.15) is 22.8 Å². The average molecular weight is 1660 g/mol. The third-order valence-electron chi connectivity index (χ3n) is 26.5. The molecule has 4 aliphatic rings. The van der Waals surface area contributed by atoms with Gasteiger partial charge in [-0.05, 0) is 200 Å². The second-order valence-corrected chi connectivity index (χ2v) is 33.5. The van der Waals surface area contributed by atoms with Crippen molar-refractivity contribution >= 4 is 43.6 Å². The zero-order chi connectivity index (χ0) is 86.6. The molecule has 0 saturated carbocycles.